The lowest BCUT2D eigenvalue weighted by atomic mass is 10.2. The highest BCUT2D eigenvalue weighted by Crippen LogP contribution is 2.24. The predicted molar refractivity (Wildman–Crippen MR) is 76.9 cm³/mol. The van der Waals surface area contributed by atoms with Crippen molar-refractivity contribution in [3.8, 4) is 5.75 Å². The fourth-order valence-electron chi connectivity index (χ4n) is 1.69. The van der Waals surface area contributed by atoms with Crippen molar-refractivity contribution in [1.29, 1.82) is 0 Å². The molecule has 0 amide bonds. The molecule has 0 aliphatic carbocycles. The van der Waals surface area contributed by atoms with Crippen LogP contribution in [0.2, 0.25) is 0 Å². The van der Waals surface area contributed by atoms with Gasteiger partial charge in [-0.05, 0) is 29.8 Å². The van der Waals surface area contributed by atoms with Crippen molar-refractivity contribution >= 4 is 11.8 Å². The molecule has 0 aliphatic rings. The molecule has 2 aromatic carbocycles. The third-order valence-electron chi connectivity index (χ3n) is 2.64. The molecule has 20 heavy (non-hydrogen) atoms. The van der Waals surface area contributed by atoms with Gasteiger partial charge in [0.25, 0.3) is 0 Å². The van der Waals surface area contributed by atoms with Crippen LogP contribution in [0.15, 0.2) is 47.4 Å². The molecule has 0 bridgehead atoms. The summed E-state index contributed by atoms with van der Waals surface area (Å²) >= 11 is 1.57. The van der Waals surface area contributed by atoms with Crippen LogP contribution in [0.25, 0.3) is 0 Å². The van der Waals surface area contributed by atoms with Gasteiger partial charge >= 0.3 is 0 Å². The van der Waals surface area contributed by atoms with Crippen LogP contribution in [0.3, 0.4) is 0 Å². The summed E-state index contributed by atoms with van der Waals surface area (Å²) in [6.45, 7) is 0.327. The van der Waals surface area contributed by atoms with Crippen LogP contribution in [0.4, 0.5) is 8.78 Å². The molecule has 2 rings (SSSR count). The fourth-order valence-corrected chi connectivity index (χ4v) is 2.44. The summed E-state index contributed by atoms with van der Waals surface area (Å²) in [6.07, 6.45) is 0. The molecule has 2 N–H and O–H groups in total. The molecular weight excluding hydrogens is 280 g/mol. The number of halogens is 2. The van der Waals surface area contributed by atoms with E-state index in [1.807, 2.05) is 30.3 Å². The Balaban J connectivity index is 1.88. The number of rotatable bonds is 6. The molecule has 0 radical (unpaired) electrons. The second-order valence-electron chi connectivity index (χ2n) is 4.10. The second kappa shape index (κ2) is 7.26. The molecule has 0 aliphatic heterocycles. The van der Waals surface area contributed by atoms with Crippen molar-refractivity contribution in [3.05, 3.63) is 59.7 Å². The monoisotopic (exact) mass is 295 g/mol. The van der Waals surface area contributed by atoms with Crippen LogP contribution in [0.1, 0.15) is 5.56 Å². The molecule has 0 saturated heterocycles. The van der Waals surface area contributed by atoms with Gasteiger partial charge in [0.05, 0.1) is 6.61 Å². The first kappa shape index (κ1) is 14.8. The minimum Gasteiger partial charge on any atom is -0.487 e. The van der Waals surface area contributed by atoms with Gasteiger partial charge in [0.15, 0.2) is 17.4 Å². The molecule has 0 aromatic heterocycles. The Morgan fingerprint density at radius 1 is 1.05 bits per heavy atom. The van der Waals surface area contributed by atoms with Gasteiger partial charge < -0.3 is 10.5 Å². The van der Waals surface area contributed by atoms with Crippen LogP contribution in [0.5, 0.6) is 5.75 Å². The second-order valence-corrected chi connectivity index (χ2v) is 5.27. The summed E-state index contributed by atoms with van der Waals surface area (Å²) < 4.78 is 32.4. The number of ether oxygens (including phenoxy) is 1. The summed E-state index contributed by atoms with van der Waals surface area (Å²) in [7, 11) is 0. The van der Waals surface area contributed by atoms with Crippen LogP contribution in [-0.4, -0.2) is 12.4 Å². The molecule has 0 fully saturated rings. The Hall–Kier alpha value is -1.59. The summed E-state index contributed by atoms with van der Waals surface area (Å²) in [5.74, 6) is -1.15. The molecule has 5 heteroatoms. The van der Waals surface area contributed by atoms with Crippen molar-refractivity contribution < 1.29 is 13.5 Å². The maximum atomic E-state index is 13.6. The van der Waals surface area contributed by atoms with Gasteiger partial charge in [-0.3, -0.25) is 0 Å². The van der Waals surface area contributed by atoms with E-state index in [1.165, 1.54) is 12.1 Å². The van der Waals surface area contributed by atoms with Gasteiger partial charge in [-0.15, -0.1) is 11.8 Å². The van der Waals surface area contributed by atoms with Gasteiger partial charge in [0.1, 0.15) is 0 Å². The highest BCUT2D eigenvalue weighted by Gasteiger charge is 2.12. The zero-order valence-electron chi connectivity index (χ0n) is 10.8. The van der Waals surface area contributed by atoms with Gasteiger partial charge in [0, 0.05) is 17.2 Å². The molecule has 2 nitrogen and oxygen atoms in total. The highest BCUT2D eigenvalue weighted by atomic mass is 32.2. The Morgan fingerprint density at radius 3 is 2.30 bits per heavy atom. The average Bonchev–Trinajstić information content (AvgIpc) is 2.46. The third-order valence-corrected chi connectivity index (χ3v) is 3.61. The lowest BCUT2D eigenvalue weighted by Gasteiger charge is -2.09. The van der Waals surface area contributed by atoms with E-state index in [9.17, 15) is 8.78 Å². The van der Waals surface area contributed by atoms with E-state index in [0.29, 0.717) is 11.3 Å². The van der Waals surface area contributed by atoms with E-state index in [1.54, 1.807) is 11.8 Å². The number of thioether (sulfide) groups is 1. The molecule has 0 saturated carbocycles. The number of hydrogen-bond acceptors (Lipinski definition) is 3. The Labute approximate surface area is 120 Å². The normalized spacial score (nSPS) is 10.6. The first-order valence-corrected chi connectivity index (χ1v) is 7.18. The minimum absolute atomic E-state index is 0.0952. The largest absolute Gasteiger partial charge is 0.487 e. The summed E-state index contributed by atoms with van der Waals surface area (Å²) in [5.41, 5.74) is 5.75. The van der Waals surface area contributed by atoms with Crippen LogP contribution in [-0.2, 0) is 6.54 Å². The van der Waals surface area contributed by atoms with Gasteiger partial charge in [0.2, 0.25) is 0 Å². The quantitative estimate of drug-likeness (QED) is 0.653. The molecule has 106 valence electrons. The lowest BCUT2D eigenvalue weighted by molar-refractivity contribution is 0.305. The van der Waals surface area contributed by atoms with E-state index in [0.717, 1.165) is 4.90 Å². The zero-order chi connectivity index (χ0) is 14.4. The SMILES string of the molecule is NCc1cc(F)c(OCCSc2ccccc2)c(F)c1. The standard InChI is InChI=1S/C15H15F2NOS/c16-13-8-11(10-18)9-14(17)15(13)19-6-7-20-12-4-2-1-3-5-12/h1-5,8-9H,6-7,10,18H2. The maximum absolute atomic E-state index is 13.6. The van der Waals surface area contributed by atoms with Gasteiger partial charge in [-0.25, -0.2) is 8.78 Å². The Morgan fingerprint density at radius 2 is 1.70 bits per heavy atom. The van der Waals surface area contributed by atoms with Crippen LogP contribution >= 0.6 is 11.8 Å². The van der Waals surface area contributed by atoms with E-state index in [-0.39, 0.29) is 18.9 Å². The first-order valence-electron chi connectivity index (χ1n) is 6.19. The van der Waals surface area contributed by atoms with E-state index < -0.39 is 11.6 Å². The Kier molecular flexibility index (Phi) is 5.38. The molecule has 2 aromatic rings. The molecular formula is C15H15F2NOS. The van der Waals surface area contributed by atoms with E-state index in [4.69, 9.17) is 10.5 Å². The number of hydrogen-bond donors (Lipinski definition) is 1. The van der Waals surface area contributed by atoms with Crippen LogP contribution in [0, 0.1) is 11.6 Å². The van der Waals surface area contributed by atoms with Crippen LogP contribution < -0.4 is 10.5 Å². The molecule has 0 spiro atoms. The predicted octanol–water partition coefficient (Wildman–Crippen LogP) is 3.59. The molecule has 0 atom stereocenters. The van der Waals surface area contributed by atoms with Crippen molar-refractivity contribution in [3.63, 3.8) is 0 Å². The molecule has 0 heterocycles. The minimum atomic E-state index is -0.713. The maximum Gasteiger partial charge on any atom is 0.190 e. The highest BCUT2D eigenvalue weighted by molar-refractivity contribution is 7.99. The van der Waals surface area contributed by atoms with E-state index >= 15 is 0 Å². The smallest absolute Gasteiger partial charge is 0.190 e. The van der Waals surface area contributed by atoms with Gasteiger partial charge in [-0.1, -0.05) is 18.2 Å². The Bertz CT molecular complexity index is 540. The fraction of sp³-hybridized carbons (Fsp3) is 0.200. The molecule has 0 unspecified atom stereocenters. The van der Waals surface area contributed by atoms with Crippen molar-refractivity contribution in [2.75, 3.05) is 12.4 Å². The topological polar surface area (TPSA) is 35.2 Å². The van der Waals surface area contributed by atoms with Gasteiger partial charge in [-0.2, -0.15) is 0 Å². The van der Waals surface area contributed by atoms with Crippen molar-refractivity contribution in [2.24, 2.45) is 5.73 Å². The first-order chi connectivity index (χ1) is 9.70. The zero-order valence-corrected chi connectivity index (χ0v) is 11.6. The summed E-state index contributed by atoms with van der Waals surface area (Å²) in [4.78, 5) is 1.09. The summed E-state index contributed by atoms with van der Waals surface area (Å²) in [5, 5.41) is 0. The van der Waals surface area contributed by atoms with Crippen molar-refractivity contribution in [2.45, 2.75) is 11.4 Å². The average molecular weight is 295 g/mol. The van der Waals surface area contributed by atoms with E-state index in [2.05, 4.69) is 0 Å². The number of nitrogens with two attached hydrogens (primary N) is 1. The van der Waals surface area contributed by atoms with Crippen molar-refractivity contribution in [1.82, 2.24) is 0 Å². The lowest BCUT2D eigenvalue weighted by Crippen LogP contribution is -2.06. The third kappa shape index (κ3) is 3.95. The number of benzene rings is 2. The summed E-state index contributed by atoms with van der Waals surface area (Å²) in [6, 6.07) is 12.2.